The van der Waals surface area contributed by atoms with E-state index in [0.29, 0.717) is 6.54 Å². The highest BCUT2D eigenvalue weighted by Gasteiger charge is 2.26. The van der Waals surface area contributed by atoms with Crippen LogP contribution < -0.4 is 4.90 Å². The van der Waals surface area contributed by atoms with Crippen molar-refractivity contribution in [1.82, 2.24) is 0 Å². The quantitative estimate of drug-likeness (QED) is 0.604. The molecule has 0 unspecified atom stereocenters. The van der Waals surface area contributed by atoms with Crippen LogP contribution in [0.15, 0.2) is 42.5 Å². The number of anilines is 2. The molecule has 0 amide bonds. The average Bonchev–Trinajstić information content (AvgIpc) is 2.48. The second kappa shape index (κ2) is 6.40. The van der Waals surface area contributed by atoms with Gasteiger partial charge in [-0.1, -0.05) is 29.8 Å². The Hall–Kier alpha value is -2.67. The van der Waals surface area contributed by atoms with Crippen LogP contribution in [-0.2, 0) is 0 Å². The molecule has 0 bridgehead atoms. The Labute approximate surface area is 131 Å². The van der Waals surface area contributed by atoms with Gasteiger partial charge in [-0.2, -0.15) is 0 Å². The third kappa shape index (κ3) is 2.99. The molecule has 0 fully saturated rings. The minimum Gasteiger partial charge on any atom is -0.336 e. The number of nitro groups is 2. The maximum absolute atomic E-state index is 11.3. The minimum absolute atomic E-state index is 0.139. The van der Waals surface area contributed by atoms with Crippen LogP contribution in [0.3, 0.4) is 0 Å². The van der Waals surface area contributed by atoms with Crippen LogP contribution in [0.5, 0.6) is 0 Å². The minimum atomic E-state index is -0.738. The lowest BCUT2D eigenvalue weighted by atomic mass is 10.2. The average molecular weight is 322 g/mol. The lowest BCUT2D eigenvalue weighted by Gasteiger charge is -2.23. The summed E-state index contributed by atoms with van der Waals surface area (Å²) in [6.45, 7) is 2.27. The Bertz CT molecular complexity index is 722. The SMILES string of the molecule is CCN(c1ccccc1)c1cc(Cl)c([N+](=O)[O-])cc1[N+](=O)[O-]. The zero-order chi connectivity index (χ0) is 16.3. The Morgan fingerprint density at radius 2 is 1.64 bits per heavy atom. The molecule has 0 atom stereocenters. The predicted octanol–water partition coefficient (Wildman–Crippen LogP) is 4.31. The molecule has 114 valence electrons. The third-order valence-corrected chi connectivity index (χ3v) is 3.42. The van der Waals surface area contributed by atoms with Gasteiger partial charge in [0.25, 0.3) is 11.4 Å². The van der Waals surface area contributed by atoms with Gasteiger partial charge in [0.2, 0.25) is 0 Å². The van der Waals surface area contributed by atoms with Gasteiger partial charge in [0, 0.05) is 12.2 Å². The van der Waals surface area contributed by atoms with Gasteiger partial charge in [-0.25, -0.2) is 0 Å². The Morgan fingerprint density at radius 3 is 2.14 bits per heavy atom. The van der Waals surface area contributed by atoms with Crippen molar-refractivity contribution in [2.45, 2.75) is 6.92 Å². The van der Waals surface area contributed by atoms with Crippen molar-refractivity contribution in [3.05, 3.63) is 67.7 Å². The third-order valence-electron chi connectivity index (χ3n) is 3.11. The summed E-state index contributed by atoms with van der Waals surface area (Å²) in [4.78, 5) is 22.5. The summed E-state index contributed by atoms with van der Waals surface area (Å²) in [5.41, 5.74) is 0.107. The van der Waals surface area contributed by atoms with Crippen molar-refractivity contribution >= 4 is 34.4 Å². The number of halogens is 1. The molecule has 0 aliphatic rings. The molecule has 0 saturated heterocycles. The molecule has 0 aliphatic heterocycles. The second-order valence-corrected chi connectivity index (χ2v) is 4.79. The molecule has 0 N–H and O–H groups in total. The van der Waals surface area contributed by atoms with Crippen LogP contribution in [0.25, 0.3) is 0 Å². The Kier molecular flexibility index (Phi) is 4.57. The van der Waals surface area contributed by atoms with Crippen molar-refractivity contribution < 1.29 is 9.85 Å². The molecule has 0 aromatic heterocycles. The molecular formula is C14H12ClN3O4. The summed E-state index contributed by atoms with van der Waals surface area (Å²) in [5.74, 6) is 0. The van der Waals surface area contributed by atoms with Crippen LogP contribution in [0.1, 0.15) is 6.92 Å². The van der Waals surface area contributed by atoms with Crippen LogP contribution in [0.4, 0.5) is 22.7 Å². The van der Waals surface area contributed by atoms with E-state index in [4.69, 9.17) is 11.6 Å². The van der Waals surface area contributed by atoms with Crippen molar-refractivity contribution in [2.75, 3.05) is 11.4 Å². The summed E-state index contributed by atoms with van der Waals surface area (Å²) in [5, 5.41) is 22.0. The molecule has 2 aromatic rings. The maximum atomic E-state index is 11.3. The first-order valence-electron chi connectivity index (χ1n) is 6.40. The van der Waals surface area contributed by atoms with E-state index < -0.39 is 15.5 Å². The smallest absolute Gasteiger partial charge is 0.299 e. The molecule has 22 heavy (non-hydrogen) atoms. The van der Waals surface area contributed by atoms with Crippen LogP contribution >= 0.6 is 11.6 Å². The van der Waals surface area contributed by atoms with Gasteiger partial charge in [0.1, 0.15) is 10.7 Å². The van der Waals surface area contributed by atoms with E-state index in [0.717, 1.165) is 11.8 Å². The number of benzene rings is 2. The van der Waals surface area contributed by atoms with Gasteiger partial charge < -0.3 is 4.90 Å². The van der Waals surface area contributed by atoms with Crippen LogP contribution in [0.2, 0.25) is 5.02 Å². The normalized spacial score (nSPS) is 10.3. The number of nitrogens with zero attached hydrogens (tertiary/aromatic N) is 3. The second-order valence-electron chi connectivity index (χ2n) is 4.39. The molecule has 2 aromatic carbocycles. The fourth-order valence-electron chi connectivity index (χ4n) is 2.14. The van der Waals surface area contributed by atoms with Gasteiger partial charge in [0.15, 0.2) is 0 Å². The van der Waals surface area contributed by atoms with E-state index in [1.54, 1.807) is 29.2 Å². The Balaban J connectivity index is 2.65. The number of rotatable bonds is 5. The molecule has 7 nitrogen and oxygen atoms in total. The van der Waals surface area contributed by atoms with Gasteiger partial charge in [0.05, 0.1) is 15.9 Å². The number of para-hydroxylation sites is 1. The monoisotopic (exact) mass is 321 g/mol. The molecular weight excluding hydrogens is 310 g/mol. The number of hydrogen-bond acceptors (Lipinski definition) is 5. The lowest BCUT2D eigenvalue weighted by molar-refractivity contribution is -0.393. The number of hydrogen-bond donors (Lipinski definition) is 0. The first-order chi connectivity index (χ1) is 10.5. The van der Waals surface area contributed by atoms with Gasteiger partial charge in [-0.05, 0) is 25.1 Å². The largest absolute Gasteiger partial charge is 0.336 e. The summed E-state index contributed by atoms with van der Waals surface area (Å²) >= 11 is 5.90. The Morgan fingerprint density at radius 1 is 1.05 bits per heavy atom. The first-order valence-corrected chi connectivity index (χ1v) is 6.78. The summed E-state index contributed by atoms with van der Waals surface area (Å²) in [6, 6.07) is 11.2. The summed E-state index contributed by atoms with van der Waals surface area (Å²) < 4.78 is 0. The van der Waals surface area contributed by atoms with Gasteiger partial charge >= 0.3 is 0 Å². The van der Waals surface area contributed by atoms with Crippen LogP contribution in [-0.4, -0.2) is 16.4 Å². The zero-order valence-corrected chi connectivity index (χ0v) is 12.4. The van der Waals surface area contributed by atoms with Gasteiger partial charge in [-0.3, -0.25) is 20.2 Å². The highest BCUT2D eigenvalue weighted by molar-refractivity contribution is 6.33. The fourth-order valence-corrected chi connectivity index (χ4v) is 2.37. The summed E-state index contributed by atoms with van der Waals surface area (Å²) in [7, 11) is 0. The topological polar surface area (TPSA) is 89.5 Å². The van der Waals surface area contributed by atoms with Gasteiger partial charge in [-0.15, -0.1) is 0 Å². The molecule has 0 heterocycles. The molecule has 8 heteroatoms. The van der Waals surface area contributed by atoms with E-state index in [-0.39, 0.29) is 16.4 Å². The maximum Gasteiger partial charge on any atom is 0.299 e. The number of nitro benzene ring substituents is 2. The van der Waals surface area contributed by atoms with Crippen molar-refractivity contribution in [2.24, 2.45) is 0 Å². The first kappa shape index (κ1) is 15.7. The highest BCUT2D eigenvalue weighted by Crippen LogP contribution is 2.40. The van der Waals surface area contributed by atoms with E-state index in [2.05, 4.69) is 0 Å². The van der Waals surface area contributed by atoms with Crippen molar-refractivity contribution in [3.8, 4) is 0 Å². The predicted molar refractivity (Wildman–Crippen MR) is 83.9 cm³/mol. The molecule has 2 rings (SSSR count). The van der Waals surface area contributed by atoms with E-state index >= 15 is 0 Å². The van der Waals surface area contributed by atoms with E-state index in [1.165, 1.54) is 6.07 Å². The van der Waals surface area contributed by atoms with Crippen molar-refractivity contribution in [3.63, 3.8) is 0 Å². The summed E-state index contributed by atoms with van der Waals surface area (Å²) in [6.07, 6.45) is 0. The molecule has 0 aliphatic carbocycles. The van der Waals surface area contributed by atoms with E-state index in [1.807, 2.05) is 13.0 Å². The standard InChI is InChI=1S/C14H12ClN3O4/c1-2-16(10-6-4-3-5-7-10)13-8-11(15)12(17(19)20)9-14(13)18(21)22/h3-9H,2H2,1H3. The lowest BCUT2D eigenvalue weighted by Crippen LogP contribution is -2.17. The van der Waals surface area contributed by atoms with E-state index in [9.17, 15) is 20.2 Å². The van der Waals surface area contributed by atoms with Crippen LogP contribution in [0, 0.1) is 20.2 Å². The van der Waals surface area contributed by atoms with Crippen molar-refractivity contribution in [1.29, 1.82) is 0 Å². The fraction of sp³-hybridized carbons (Fsp3) is 0.143. The zero-order valence-electron chi connectivity index (χ0n) is 11.6. The highest BCUT2D eigenvalue weighted by atomic mass is 35.5. The molecule has 0 spiro atoms. The molecule has 0 radical (unpaired) electrons. The molecule has 0 saturated carbocycles.